The van der Waals surface area contributed by atoms with Gasteiger partial charge in [-0.1, -0.05) is 52.0 Å². The molecule has 1 atom stereocenters. The number of hydrogen-bond donors (Lipinski definition) is 1. The van der Waals surface area contributed by atoms with Gasteiger partial charge in [0.2, 0.25) is 11.7 Å². The SMILES string of the molecule is CCc1ccccc1CCn1nc(C(C)(C)C)c(=O)c2c(C)c(C3NC=CO3)sc21. The Bertz CT molecular complexity index is 1160. The Labute approximate surface area is 181 Å². The molecule has 1 N–H and O–H groups in total. The fourth-order valence-electron chi connectivity index (χ4n) is 3.98. The summed E-state index contributed by atoms with van der Waals surface area (Å²) in [6, 6.07) is 8.56. The number of aromatic nitrogens is 2. The van der Waals surface area contributed by atoms with Crippen LogP contribution in [0.25, 0.3) is 10.2 Å². The highest BCUT2D eigenvalue weighted by atomic mass is 32.1. The first-order valence-electron chi connectivity index (χ1n) is 10.5. The summed E-state index contributed by atoms with van der Waals surface area (Å²) in [6.07, 6.45) is 5.10. The Balaban J connectivity index is 1.83. The molecule has 1 aliphatic rings. The molecule has 158 valence electrons. The second kappa shape index (κ2) is 7.91. The molecule has 0 amide bonds. The Kier molecular flexibility index (Phi) is 5.45. The van der Waals surface area contributed by atoms with Gasteiger partial charge >= 0.3 is 0 Å². The van der Waals surface area contributed by atoms with Crippen LogP contribution in [0.3, 0.4) is 0 Å². The smallest absolute Gasteiger partial charge is 0.212 e. The molecular weight excluding hydrogens is 394 g/mol. The fourth-order valence-corrected chi connectivity index (χ4v) is 5.26. The maximum absolute atomic E-state index is 13.4. The third-order valence-corrected chi connectivity index (χ3v) is 6.98. The van der Waals surface area contributed by atoms with Gasteiger partial charge in [0, 0.05) is 18.2 Å². The normalized spacial score (nSPS) is 16.1. The lowest BCUT2D eigenvalue weighted by Crippen LogP contribution is -2.28. The lowest BCUT2D eigenvalue weighted by Gasteiger charge is -2.19. The van der Waals surface area contributed by atoms with Gasteiger partial charge in [0.1, 0.15) is 16.8 Å². The lowest BCUT2D eigenvalue weighted by atomic mass is 9.91. The summed E-state index contributed by atoms with van der Waals surface area (Å²) in [6.45, 7) is 11.1. The number of rotatable bonds is 5. The highest BCUT2D eigenvalue weighted by molar-refractivity contribution is 7.19. The van der Waals surface area contributed by atoms with Crippen molar-refractivity contribution in [2.45, 2.75) is 65.6 Å². The summed E-state index contributed by atoms with van der Waals surface area (Å²) < 4.78 is 7.71. The van der Waals surface area contributed by atoms with E-state index in [1.807, 2.05) is 32.4 Å². The standard InChI is InChI=1S/C24H29N3O2S/c1-6-16-9-7-8-10-17(16)11-13-27-23-18(19(28)21(26-27)24(3,4)5)15(2)20(30-23)22-25-12-14-29-22/h7-10,12,14,22,25H,6,11,13H2,1-5H3. The number of aryl methyl sites for hydroxylation is 4. The largest absolute Gasteiger partial charge is 0.472 e. The van der Waals surface area contributed by atoms with E-state index in [1.165, 1.54) is 11.1 Å². The average Bonchev–Trinajstić information content (AvgIpc) is 3.35. The van der Waals surface area contributed by atoms with Crippen LogP contribution in [-0.4, -0.2) is 9.78 Å². The molecule has 4 rings (SSSR count). The minimum absolute atomic E-state index is 0.0358. The molecule has 0 bridgehead atoms. The second-order valence-electron chi connectivity index (χ2n) is 8.78. The van der Waals surface area contributed by atoms with Gasteiger partial charge < -0.3 is 10.1 Å². The quantitative estimate of drug-likeness (QED) is 0.630. The van der Waals surface area contributed by atoms with Crippen molar-refractivity contribution in [2.24, 2.45) is 0 Å². The summed E-state index contributed by atoms with van der Waals surface area (Å²) in [5.41, 5.74) is 4.01. The molecule has 1 unspecified atom stereocenters. The van der Waals surface area contributed by atoms with Crippen LogP contribution in [0.4, 0.5) is 0 Å². The van der Waals surface area contributed by atoms with E-state index in [0.29, 0.717) is 5.69 Å². The molecule has 6 heteroatoms. The van der Waals surface area contributed by atoms with Gasteiger partial charge in [0.05, 0.1) is 10.3 Å². The van der Waals surface area contributed by atoms with Crippen LogP contribution in [0.5, 0.6) is 0 Å². The van der Waals surface area contributed by atoms with Gasteiger partial charge in [0.15, 0.2) is 0 Å². The van der Waals surface area contributed by atoms with E-state index in [0.717, 1.165) is 40.0 Å². The van der Waals surface area contributed by atoms with E-state index in [2.05, 4.69) is 36.5 Å². The minimum Gasteiger partial charge on any atom is -0.472 e. The van der Waals surface area contributed by atoms with E-state index in [4.69, 9.17) is 9.84 Å². The maximum atomic E-state index is 13.4. The van der Waals surface area contributed by atoms with Crippen LogP contribution in [0.1, 0.15) is 61.2 Å². The highest BCUT2D eigenvalue weighted by Crippen LogP contribution is 2.35. The van der Waals surface area contributed by atoms with Gasteiger partial charge in [-0.15, -0.1) is 11.3 Å². The molecular formula is C24H29N3O2S. The molecule has 0 spiro atoms. The molecule has 3 aromatic rings. The van der Waals surface area contributed by atoms with E-state index in [1.54, 1.807) is 23.8 Å². The van der Waals surface area contributed by atoms with Gasteiger partial charge in [-0.2, -0.15) is 5.10 Å². The number of fused-ring (bicyclic) bond motifs is 1. The molecule has 2 aromatic heterocycles. The van der Waals surface area contributed by atoms with Crippen molar-refractivity contribution in [1.82, 2.24) is 15.1 Å². The van der Waals surface area contributed by atoms with Crippen LogP contribution >= 0.6 is 11.3 Å². The van der Waals surface area contributed by atoms with Gasteiger partial charge in [-0.3, -0.25) is 9.48 Å². The molecule has 0 saturated carbocycles. The first-order chi connectivity index (χ1) is 14.3. The number of nitrogens with one attached hydrogen (secondary N) is 1. The summed E-state index contributed by atoms with van der Waals surface area (Å²) in [5, 5.41) is 8.84. The van der Waals surface area contributed by atoms with Crippen molar-refractivity contribution in [2.75, 3.05) is 0 Å². The first-order valence-corrected chi connectivity index (χ1v) is 11.3. The lowest BCUT2D eigenvalue weighted by molar-refractivity contribution is 0.158. The topological polar surface area (TPSA) is 56.2 Å². The van der Waals surface area contributed by atoms with Crippen molar-refractivity contribution >= 4 is 21.6 Å². The van der Waals surface area contributed by atoms with E-state index >= 15 is 0 Å². The van der Waals surface area contributed by atoms with Gasteiger partial charge in [-0.05, 0) is 36.5 Å². The number of thiophene rings is 1. The van der Waals surface area contributed by atoms with Crippen LogP contribution in [-0.2, 0) is 29.5 Å². The molecule has 1 aliphatic heterocycles. The maximum Gasteiger partial charge on any atom is 0.212 e. The van der Waals surface area contributed by atoms with E-state index in [-0.39, 0.29) is 17.1 Å². The number of ether oxygens (including phenoxy) is 1. The predicted octanol–water partition coefficient (Wildman–Crippen LogP) is 4.96. The number of benzene rings is 1. The summed E-state index contributed by atoms with van der Waals surface area (Å²) >= 11 is 1.60. The molecule has 30 heavy (non-hydrogen) atoms. The van der Waals surface area contributed by atoms with E-state index in [9.17, 15) is 4.79 Å². The Morgan fingerprint density at radius 3 is 2.60 bits per heavy atom. The third kappa shape index (κ3) is 3.65. The zero-order chi connectivity index (χ0) is 21.5. The van der Waals surface area contributed by atoms with Crippen LogP contribution < -0.4 is 10.7 Å². The molecule has 0 fully saturated rings. The second-order valence-corrected chi connectivity index (χ2v) is 9.81. The number of hydrogen-bond acceptors (Lipinski definition) is 5. The van der Waals surface area contributed by atoms with Crippen molar-refractivity contribution in [3.63, 3.8) is 0 Å². The highest BCUT2D eigenvalue weighted by Gasteiger charge is 2.28. The molecule has 0 saturated heterocycles. The van der Waals surface area contributed by atoms with Gasteiger partial charge in [-0.25, -0.2) is 0 Å². The zero-order valence-corrected chi connectivity index (χ0v) is 19.1. The Morgan fingerprint density at radius 1 is 1.23 bits per heavy atom. The number of nitrogens with zero attached hydrogens (tertiary/aromatic N) is 2. The molecule has 0 aliphatic carbocycles. The van der Waals surface area contributed by atoms with Crippen LogP contribution in [0, 0.1) is 6.92 Å². The molecule has 5 nitrogen and oxygen atoms in total. The minimum atomic E-state index is -0.327. The monoisotopic (exact) mass is 423 g/mol. The van der Waals surface area contributed by atoms with Gasteiger partial charge in [0.25, 0.3) is 0 Å². The van der Waals surface area contributed by atoms with Crippen LogP contribution in [0.2, 0.25) is 0 Å². The van der Waals surface area contributed by atoms with Crippen molar-refractivity contribution in [3.8, 4) is 0 Å². The average molecular weight is 424 g/mol. The van der Waals surface area contributed by atoms with E-state index < -0.39 is 0 Å². The zero-order valence-electron chi connectivity index (χ0n) is 18.3. The summed E-state index contributed by atoms with van der Waals surface area (Å²) in [5.74, 6) is 0. The Hall–Kier alpha value is -2.60. The first kappa shape index (κ1) is 20.7. The molecule has 3 heterocycles. The predicted molar refractivity (Wildman–Crippen MR) is 123 cm³/mol. The van der Waals surface area contributed by atoms with Crippen LogP contribution in [0.15, 0.2) is 41.5 Å². The summed E-state index contributed by atoms with van der Waals surface area (Å²) in [7, 11) is 0. The van der Waals surface area contributed by atoms with Crippen molar-refractivity contribution in [1.29, 1.82) is 0 Å². The Morgan fingerprint density at radius 2 is 1.97 bits per heavy atom. The van der Waals surface area contributed by atoms with Crippen molar-refractivity contribution < 1.29 is 4.74 Å². The third-order valence-electron chi connectivity index (χ3n) is 5.63. The molecule has 0 radical (unpaired) electrons. The molecule has 1 aromatic carbocycles. The van der Waals surface area contributed by atoms with Crippen molar-refractivity contribution in [3.05, 3.63) is 74.2 Å². The fraction of sp³-hybridized carbons (Fsp3) is 0.417. The summed E-state index contributed by atoms with van der Waals surface area (Å²) in [4.78, 5) is 15.4.